The molecule has 0 radical (unpaired) electrons. The fourth-order valence-corrected chi connectivity index (χ4v) is 1.73. The highest BCUT2D eigenvalue weighted by atomic mass is 79.9. The van der Waals surface area contributed by atoms with Gasteiger partial charge in [-0.25, -0.2) is 0 Å². The molecule has 82 valence electrons. The van der Waals surface area contributed by atoms with E-state index in [0.717, 1.165) is 12.3 Å². The molecule has 0 saturated heterocycles. The molecule has 0 amide bonds. The Hall–Kier alpha value is -1.04. The van der Waals surface area contributed by atoms with Crippen LogP contribution in [0.1, 0.15) is 11.1 Å². The van der Waals surface area contributed by atoms with Crippen molar-refractivity contribution in [3.63, 3.8) is 0 Å². The average Bonchev–Trinajstić information content (AvgIpc) is 2.15. The van der Waals surface area contributed by atoms with Crippen molar-refractivity contribution in [1.82, 2.24) is 0 Å². The molecule has 0 spiro atoms. The zero-order chi connectivity index (χ0) is 11.6. The largest absolute Gasteiger partial charge is 0.417 e. The van der Waals surface area contributed by atoms with Gasteiger partial charge in [-0.05, 0) is 12.1 Å². The summed E-state index contributed by atoms with van der Waals surface area (Å²) in [4.78, 5) is 0. The summed E-state index contributed by atoms with van der Waals surface area (Å²) in [5, 5.41) is 9.66. The number of nitrogens with one attached hydrogen (secondary N) is 2. The minimum atomic E-state index is -4.40. The molecule has 0 aliphatic rings. The van der Waals surface area contributed by atoms with Crippen LogP contribution in [0.25, 0.3) is 0 Å². The van der Waals surface area contributed by atoms with E-state index >= 15 is 0 Å². The molecule has 0 saturated carbocycles. The van der Waals surface area contributed by atoms with E-state index in [0.29, 0.717) is 5.56 Å². The molecule has 0 heterocycles. The number of halogens is 4. The molecule has 0 fully saturated rings. The number of alkyl halides is 3. The van der Waals surface area contributed by atoms with E-state index in [2.05, 4.69) is 21.2 Å². The zero-order valence-corrected chi connectivity index (χ0v) is 9.33. The van der Waals surface area contributed by atoms with Crippen LogP contribution >= 0.6 is 15.9 Å². The van der Waals surface area contributed by atoms with Gasteiger partial charge in [0, 0.05) is 29.0 Å². The second-order valence-corrected chi connectivity index (χ2v) is 3.67. The van der Waals surface area contributed by atoms with Gasteiger partial charge >= 0.3 is 6.18 Å². The van der Waals surface area contributed by atoms with Crippen LogP contribution < -0.4 is 5.32 Å². The van der Waals surface area contributed by atoms with Crippen LogP contribution in [0.2, 0.25) is 0 Å². The maximum Gasteiger partial charge on any atom is 0.417 e. The van der Waals surface area contributed by atoms with Crippen LogP contribution in [-0.4, -0.2) is 13.3 Å². The summed E-state index contributed by atoms with van der Waals surface area (Å²) in [6.45, 7) is 0. The lowest BCUT2D eigenvalue weighted by Crippen LogP contribution is -2.08. The van der Waals surface area contributed by atoms with Gasteiger partial charge in [0.1, 0.15) is 0 Å². The van der Waals surface area contributed by atoms with Gasteiger partial charge in [-0.1, -0.05) is 15.9 Å². The topological polar surface area (TPSA) is 35.9 Å². The molecule has 0 aliphatic heterocycles. The fourth-order valence-electron chi connectivity index (χ4n) is 1.14. The van der Waals surface area contributed by atoms with Crippen LogP contribution in [0.5, 0.6) is 0 Å². The maximum absolute atomic E-state index is 12.5. The lowest BCUT2D eigenvalue weighted by atomic mass is 10.1. The van der Waals surface area contributed by atoms with Gasteiger partial charge in [-0.3, -0.25) is 0 Å². The molecular weight excluding hydrogens is 273 g/mol. The standard InChI is InChI=1S/C9H8BrF3N2/c1-15-8-3-6(9(11,12)13)7(10)2-5(8)4-14/h2-4,14-15H,1H3. The highest BCUT2D eigenvalue weighted by Gasteiger charge is 2.33. The van der Waals surface area contributed by atoms with E-state index in [1.54, 1.807) is 0 Å². The molecule has 0 bridgehead atoms. The fraction of sp³-hybridized carbons (Fsp3) is 0.222. The molecule has 1 aromatic carbocycles. The number of anilines is 1. The highest BCUT2D eigenvalue weighted by molar-refractivity contribution is 9.10. The Labute approximate surface area is 93.1 Å². The Morgan fingerprint density at radius 1 is 1.40 bits per heavy atom. The van der Waals surface area contributed by atoms with Gasteiger partial charge < -0.3 is 10.7 Å². The van der Waals surface area contributed by atoms with Crippen molar-refractivity contribution in [2.45, 2.75) is 6.18 Å². The first-order chi connectivity index (χ1) is 6.90. The number of benzene rings is 1. The maximum atomic E-state index is 12.5. The summed E-state index contributed by atoms with van der Waals surface area (Å²) >= 11 is 2.84. The Morgan fingerprint density at radius 3 is 2.40 bits per heavy atom. The third-order valence-electron chi connectivity index (χ3n) is 1.87. The number of hydrogen-bond donors (Lipinski definition) is 2. The van der Waals surface area contributed by atoms with E-state index in [-0.39, 0.29) is 10.2 Å². The monoisotopic (exact) mass is 280 g/mol. The van der Waals surface area contributed by atoms with Gasteiger partial charge in [0.2, 0.25) is 0 Å². The Kier molecular flexibility index (Phi) is 3.38. The van der Waals surface area contributed by atoms with Crippen molar-refractivity contribution < 1.29 is 13.2 Å². The molecule has 0 aromatic heterocycles. The Morgan fingerprint density at radius 2 is 2.00 bits per heavy atom. The summed E-state index contributed by atoms with van der Waals surface area (Å²) in [6, 6.07) is 2.24. The Balaban J connectivity index is 3.39. The van der Waals surface area contributed by atoms with E-state index in [4.69, 9.17) is 5.41 Å². The van der Waals surface area contributed by atoms with Crippen LogP contribution in [0, 0.1) is 5.41 Å². The van der Waals surface area contributed by atoms with Crippen LogP contribution in [0.4, 0.5) is 18.9 Å². The first-order valence-electron chi connectivity index (χ1n) is 3.99. The molecule has 2 nitrogen and oxygen atoms in total. The molecule has 15 heavy (non-hydrogen) atoms. The zero-order valence-electron chi connectivity index (χ0n) is 7.74. The first-order valence-corrected chi connectivity index (χ1v) is 4.78. The summed E-state index contributed by atoms with van der Waals surface area (Å²) < 4.78 is 37.4. The lowest BCUT2D eigenvalue weighted by Gasteiger charge is -2.13. The summed E-state index contributed by atoms with van der Waals surface area (Å²) in [7, 11) is 1.51. The molecule has 0 unspecified atom stereocenters. The van der Waals surface area contributed by atoms with Crippen LogP contribution in [0.15, 0.2) is 16.6 Å². The van der Waals surface area contributed by atoms with Crippen molar-refractivity contribution in [3.8, 4) is 0 Å². The summed E-state index contributed by atoms with van der Waals surface area (Å²) in [6.07, 6.45) is -3.40. The van der Waals surface area contributed by atoms with E-state index in [1.165, 1.54) is 13.1 Å². The predicted octanol–water partition coefficient (Wildman–Crippen LogP) is 3.51. The van der Waals surface area contributed by atoms with Gasteiger partial charge in [0.05, 0.1) is 5.56 Å². The van der Waals surface area contributed by atoms with Crippen molar-refractivity contribution >= 4 is 27.8 Å². The molecule has 0 atom stereocenters. The molecule has 1 aromatic rings. The van der Waals surface area contributed by atoms with E-state index < -0.39 is 11.7 Å². The minimum absolute atomic E-state index is 0.0625. The molecule has 2 N–H and O–H groups in total. The third kappa shape index (κ3) is 2.50. The average molecular weight is 281 g/mol. The molecule has 1 rings (SSSR count). The quantitative estimate of drug-likeness (QED) is 0.799. The van der Waals surface area contributed by atoms with Gasteiger partial charge in [0.15, 0.2) is 0 Å². The lowest BCUT2D eigenvalue weighted by molar-refractivity contribution is -0.138. The van der Waals surface area contributed by atoms with Crippen LogP contribution in [-0.2, 0) is 6.18 Å². The molecule has 6 heteroatoms. The van der Waals surface area contributed by atoms with Crippen molar-refractivity contribution in [1.29, 1.82) is 5.41 Å². The minimum Gasteiger partial charge on any atom is -0.388 e. The van der Waals surface area contributed by atoms with Gasteiger partial charge in [-0.15, -0.1) is 0 Å². The van der Waals surface area contributed by atoms with Gasteiger partial charge in [-0.2, -0.15) is 13.2 Å². The number of rotatable bonds is 2. The molecule has 0 aliphatic carbocycles. The second kappa shape index (κ2) is 4.22. The first kappa shape index (κ1) is 12.0. The molecular formula is C9H8BrF3N2. The smallest absolute Gasteiger partial charge is 0.388 e. The van der Waals surface area contributed by atoms with Crippen molar-refractivity contribution in [2.24, 2.45) is 0 Å². The predicted molar refractivity (Wildman–Crippen MR) is 56.6 cm³/mol. The van der Waals surface area contributed by atoms with E-state index in [1.807, 2.05) is 0 Å². The van der Waals surface area contributed by atoms with Gasteiger partial charge in [0.25, 0.3) is 0 Å². The summed E-state index contributed by atoms with van der Waals surface area (Å²) in [5.41, 5.74) is -0.0737. The SMILES string of the molecule is CNc1cc(C(F)(F)F)c(Br)cc1C=N. The highest BCUT2D eigenvalue weighted by Crippen LogP contribution is 2.37. The third-order valence-corrected chi connectivity index (χ3v) is 2.53. The normalized spacial score (nSPS) is 11.3. The summed E-state index contributed by atoms with van der Waals surface area (Å²) in [5.74, 6) is 0. The van der Waals surface area contributed by atoms with Crippen LogP contribution in [0.3, 0.4) is 0 Å². The Bertz CT molecular complexity index is 388. The van der Waals surface area contributed by atoms with E-state index in [9.17, 15) is 13.2 Å². The van der Waals surface area contributed by atoms with Crippen molar-refractivity contribution in [2.75, 3.05) is 12.4 Å². The second-order valence-electron chi connectivity index (χ2n) is 2.81. The van der Waals surface area contributed by atoms with Crippen molar-refractivity contribution in [3.05, 3.63) is 27.7 Å². The number of hydrogen-bond acceptors (Lipinski definition) is 2.